The van der Waals surface area contributed by atoms with Crippen molar-refractivity contribution in [3.05, 3.63) is 24.0 Å². The molecule has 0 aliphatic carbocycles. The van der Waals surface area contributed by atoms with E-state index in [1.165, 1.54) is 0 Å². The lowest BCUT2D eigenvalue weighted by atomic mass is 10.0. The average Bonchev–Trinajstić information content (AvgIpc) is 2.98. The molecular weight excluding hydrogens is 240 g/mol. The van der Waals surface area contributed by atoms with Gasteiger partial charge in [0.2, 0.25) is 0 Å². The van der Waals surface area contributed by atoms with Gasteiger partial charge in [0, 0.05) is 52.2 Å². The number of aromatic nitrogens is 1. The zero-order valence-corrected chi connectivity index (χ0v) is 11.5. The van der Waals surface area contributed by atoms with E-state index in [-0.39, 0.29) is 5.91 Å². The van der Waals surface area contributed by atoms with Crippen molar-refractivity contribution < 1.29 is 4.79 Å². The Bertz CT molecular complexity index is 476. The molecule has 2 atom stereocenters. The van der Waals surface area contributed by atoms with E-state index in [1.54, 1.807) is 25.2 Å². The molecule has 1 aromatic rings. The Morgan fingerprint density at radius 3 is 2.68 bits per heavy atom. The molecule has 2 aliphatic rings. The van der Waals surface area contributed by atoms with Crippen LogP contribution in [0.2, 0.25) is 0 Å². The molecule has 2 aliphatic heterocycles. The number of fused-ring (bicyclic) bond motifs is 1. The van der Waals surface area contributed by atoms with Crippen LogP contribution in [0, 0.1) is 11.8 Å². The molecule has 0 radical (unpaired) electrons. The van der Waals surface area contributed by atoms with Gasteiger partial charge >= 0.3 is 0 Å². The Morgan fingerprint density at radius 2 is 2.05 bits per heavy atom. The van der Waals surface area contributed by atoms with E-state index in [2.05, 4.69) is 15.2 Å². The standard InChI is InChI=1S/C14H20N4O/c1-17(2)14(19)13-5-12(3-4-16-13)18-8-10-6-15-7-11(10)9-18/h3-5,10-11,15H,6-9H2,1-2H3/t10-,11+. The first kappa shape index (κ1) is 12.4. The van der Waals surface area contributed by atoms with Gasteiger partial charge < -0.3 is 15.1 Å². The molecule has 102 valence electrons. The van der Waals surface area contributed by atoms with Crippen molar-refractivity contribution in [1.82, 2.24) is 15.2 Å². The number of anilines is 1. The van der Waals surface area contributed by atoms with E-state index >= 15 is 0 Å². The lowest BCUT2D eigenvalue weighted by Crippen LogP contribution is -2.27. The number of carbonyl (C=O) groups excluding carboxylic acids is 1. The number of nitrogens with one attached hydrogen (secondary N) is 1. The summed E-state index contributed by atoms with van der Waals surface area (Å²) in [6.07, 6.45) is 1.73. The summed E-state index contributed by atoms with van der Waals surface area (Å²) >= 11 is 0. The first-order chi connectivity index (χ1) is 9.15. The molecular formula is C14H20N4O. The third kappa shape index (κ3) is 2.30. The van der Waals surface area contributed by atoms with Crippen LogP contribution in [-0.4, -0.2) is 56.1 Å². The molecule has 0 saturated carbocycles. The number of hydrogen-bond donors (Lipinski definition) is 1. The van der Waals surface area contributed by atoms with Crippen molar-refractivity contribution in [3.8, 4) is 0 Å². The van der Waals surface area contributed by atoms with Crippen molar-refractivity contribution >= 4 is 11.6 Å². The van der Waals surface area contributed by atoms with Gasteiger partial charge in [-0.1, -0.05) is 0 Å². The summed E-state index contributed by atoms with van der Waals surface area (Å²) < 4.78 is 0. The maximum Gasteiger partial charge on any atom is 0.272 e. The maximum absolute atomic E-state index is 11.9. The van der Waals surface area contributed by atoms with Crippen LogP contribution in [0.25, 0.3) is 0 Å². The molecule has 3 heterocycles. The predicted molar refractivity (Wildman–Crippen MR) is 74.3 cm³/mol. The van der Waals surface area contributed by atoms with Crippen LogP contribution in [0.3, 0.4) is 0 Å². The number of rotatable bonds is 2. The third-order valence-electron chi connectivity index (χ3n) is 4.12. The second kappa shape index (κ2) is 4.81. The molecule has 0 unspecified atom stereocenters. The van der Waals surface area contributed by atoms with Crippen molar-refractivity contribution in [2.24, 2.45) is 11.8 Å². The Labute approximate surface area is 113 Å². The topological polar surface area (TPSA) is 48.5 Å². The van der Waals surface area contributed by atoms with Gasteiger partial charge in [-0.3, -0.25) is 9.78 Å². The largest absolute Gasteiger partial charge is 0.371 e. The minimum atomic E-state index is -0.0390. The van der Waals surface area contributed by atoms with E-state index in [0.717, 1.165) is 43.7 Å². The molecule has 0 bridgehead atoms. The highest BCUT2D eigenvalue weighted by atomic mass is 16.2. The van der Waals surface area contributed by atoms with Crippen LogP contribution in [0.5, 0.6) is 0 Å². The average molecular weight is 260 g/mol. The highest BCUT2D eigenvalue weighted by Gasteiger charge is 2.36. The minimum Gasteiger partial charge on any atom is -0.371 e. The van der Waals surface area contributed by atoms with Crippen LogP contribution in [-0.2, 0) is 0 Å². The molecule has 5 nitrogen and oxygen atoms in total. The van der Waals surface area contributed by atoms with E-state index in [0.29, 0.717) is 5.69 Å². The highest BCUT2D eigenvalue weighted by Crippen LogP contribution is 2.30. The van der Waals surface area contributed by atoms with Gasteiger partial charge in [0.1, 0.15) is 5.69 Å². The first-order valence-electron chi connectivity index (χ1n) is 6.78. The van der Waals surface area contributed by atoms with Crippen LogP contribution >= 0.6 is 0 Å². The van der Waals surface area contributed by atoms with Crippen molar-refractivity contribution in [1.29, 1.82) is 0 Å². The summed E-state index contributed by atoms with van der Waals surface area (Å²) in [6, 6.07) is 3.91. The smallest absolute Gasteiger partial charge is 0.272 e. The van der Waals surface area contributed by atoms with Crippen LogP contribution in [0.1, 0.15) is 10.5 Å². The van der Waals surface area contributed by atoms with Crippen LogP contribution in [0.15, 0.2) is 18.3 Å². The van der Waals surface area contributed by atoms with E-state index in [4.69, 9.17) is 0 Å². The van der Waals surface area contributed by atoms with E-state index < -0.39 is 0 Å². The second-order valence-corrected chi connectivity index (χ2v) is 5.68. The SMILES string of the molecule is CN(C)C(=O)c1cc(N2C[C@H]3CNC[C@H]3C2)ccn1. The molecule has 1 aromatic heterocycles. The number of amides is 1. The van der Waals surface area contributed by atoms with Gasteiger partial charge in [0.15, 0.2) is 0 Å². The molecule has 0 aromatic carbocycles. The molecule has 5 heteroatoms. The summed E-state index contributed by atoms with van der Waals surface area (Å²) in [7, 11) is 3.51. The summed E-state index contributed by atoms with van der Waals surface area (Å²) in [5.74, 6) is 1.46. The summed E-state index contributed by atoms with van der Waals surface area (Å²) in [4.78, 5) is 20.1. The van der Waals surface area contributed by atoms with Crippen LogP contribution in [0.4, 0.5) is 5.69 Å². The van der Waals surface area contributed by atoms with Gasteiger partial charge in [-0.25, -0.2) is 0 Å². The Kier molecular flexibility index (Phi) is 3.14. The monoisotopic (exact) mass is 260 g/mol. The van der Waals surface area contributed by atoms with Gasteiger partial charge in [0.05, 0.1) is 0 Å². The zero-order chi connectivity index (χ0) is 13.4. The fourth-order valence-electron chi connectivity index (χ4n) is 3.03. The minimum absolute atomic E-state index is 0.0390. The molecule has 1 N–H and O–H groups in total. The Hall–Kier alpha value is -1.62. The van der Waals surface area contributed by atoms with Crippen molar-refractivity contribution in [2.75, 3.05) is 45.2 Å². The molecule has 3 rings (SSSR count). The second-order valence-electron chi connectivity index (χ2n) is 5.68. The maximum atomic E-state index is 11.9. The fraction of sp³-hybridized carbons (Fsp3) is 0.571. The molecule has 0 spiro atoms. The Balaban J connectivity index is 1.78. The molecule has 2 saturated heterocycles. The summed E-state index contributed by atoms with van der Waals surface area (Å²) in [5, 5.41) is 3.44. The van der Waals surface area contributed by atoms with Gasteiger partial charge in [-0.2, -0.15) is 0 Å². The summed E-state index contributed by atoms with van der Waals surface area (Å²) in [6.45, 7) is 4.40. The van der Waals surface area contributed by atoms with Gasteiger partial charge in [-0.05, 0) is 24.0 Å². The van der Waals surface area contributed by atoms with Crippen molar-refractivity contribution in [2.45, 2.75) is 0 Å². The van der Waals surface area contributed by atoms with Crippen molar-refractivity contribution in [3.63, 3.8) is 0 Å². The number of nitrogens with zero attached hydrogens (tertiary/aromatic N) is 3. The summed E-state index contributed by atoms with van der Waals surface area (Å²) in [5.41, 5.74) is 1.65. The first-order valence-corrected chi connectivity index (χ1v) is 6.78. The predicted octanol–water partition coefficient (Wildman–Crippen LogP) is 0.439. The molecule has 19 heavy (non-hydrogen) atoms. The lowest BCUT2D eigenvalue weighted by Gasteiger charge is -2.20. The Morgan fingerprint density at radius 1 is 1.37 bits per heavy atom. The number of carbonyl (C=O) groups is 1. The quantitative estimate of drug-likeness (QED) is 0.838. The van der Waals surface area contributed by atoms with E-state index in [1.807, 2.05) is 12.1 Å². The molecule has 1 amide bonds. The van der Waals surface area contributed by atoms with E-state index in [9.17, 15) is 4.79 Å². The number of hydrogen-bond acceptors (Lipinski definition) is 4. The van der Waals surface area contributed by atoms with Crippen LogP contribution < -0.4 is 10.2 Å². The fourth-order valence-corrected chi connectivity index (χ4v) is 3.03. The molecule has 2 fully saturated rings. The zero-order valence-electron chi connectivity index (χ0n) is 11.5. The lowest BCUT2D eigenvalue weighted by molar-refractivity contribution is 0.0822. The third-order valence-corrected chi connectivity index (χ3v) is 4.12. The number of pyridine rings is 1. The van der Waals surface area contributed by atoms with Gasteiger partial charge in [0.25, 0.3) is 5.91 Å². The highest BCUT2D eigenvalue weighted by molar-refractivity contribution is 5.92. The van der Waals surface area contributed by atoms with Gasteiger partial charge in [-0.15, -0.1) is 0 Å². The normalized spacial score (nSPS) is 25.5.